The average Bonchev–Trinajstić information content (AvgIpc) is 2.18. The van der Waals surface area contributed by atoms with Crippen LogP contribution in [0.1, 0.15) is 13.8 Å². The Bertz CT molecular complexity index is 270. The molecule has 16 heavy (non-hydrogen) atoms. The quantitative estimate of drug-likeness (QED) is 0.567. The largest absolute Gasteiger partial charge is 0.463 e. The van der Waals surface area contributed by atoms with Gasteiger partial charge in [0.15, 0.2) is 0 Å². The van der Waals surface area contributed by atoms with Crippen molar-refractivity contribution in [3.05, 3.63) is 24.4 Å². The minimum absolute atomic E-state index is 0.249. The summed E-state index contributed by atoms with van der Waals surface area (Å²) in [6.45, 7) is 7.04. The van der Waals surface area contributed by atoms with Crippen LogP contribution in [0.4, 0.5) is 0 Å². The normalized spacial score (nSPS) is 9.62. The van der Waals surface area contributed by atoms with Gasteiger partial charge in [0.2, 0.25) is 5.91 Å². The number of primary amides is 1. The number of hydrogen-bond donors (Lipinski definition) is 1. The van der Waals surface area contributed by atoms with Gasteiger partial charge in [-0.15, -0.1) is 0 Å². The molecule has 0 heterocycles. The van der Waals surface area contributed by atoms with E-state index in [1.165, 1.54) is 0 Å². The molecule has 0 aromatic rings. The third-order valence-corrected chi connectivity index (χ3v) is 1.25. The van der Waals surface area contributed by atoms with Gasteiger partial charge < -0.3 is 15.4 Å². The predicted octanol–water partition coefficient (Wildman–Crippen LogP) is 0.673. The molecule has 0 aliphatic rings. The van der Waals surface area contributed by atoms with Gasteiger partial charge in [-0.25, -0.2) is 4.79 Å². The molecule has 0 saturated heterocycles. The fourth-order valence-electron chi connectivity index (χ4n) is 0.685. The summed E-state index contributed by atoms with van der Waals surface area (Å²) in [5.41, 5.74) is 5.16. The van der Waals surface area contributed by atoms with Crippen LogP contribution in [0.3, 0.4) is 0 Å². The van der Waals surface area contributed by atoms with Crippen molar-refractivity contribution in [2.75, 3.05) is 20.7 Å². The van der Waals surface area contributed by atoms with Gasteiger partial charge in [0.25, 0.3) is 0 Å². The molecule has 92 valence electrons. The fourth-order valence-corrected chi connectivity index (χ4v) is 0.685. The Labute approximate surface area is 96.6 Å². The zero-order chi connectivity index (χ0) is 13.1. The molecule has 5 heteroatoms. The van der Waals surface area contributed by atoms with Crippen LogP contribution in [-0.4, -0.2) is 37.5 Å². The monoisotopic (exact) mass is 228 g/mol. The minimum atomic E-state index is -0.481. The number of hydrogen-bond acceptors (Lipinski definition) is 4. The van der Waals surface area contributed by atoms with Crippen LogP contribution in [-0.2, 0) is 14.3 Å². The van der Waals surface area contributed by atoms with E-state index in [1.54, 1.807) is 20.0 Å². The van der Waals surface area contributed by atoms with Crippen molar-refractivity contribution < 1.29 is 14.3 Å². The molecular weight excluding hydrogens is 208 g/mol. The highest BCUT2D eigenvalue weighted by atomic mass is 16.5. The lowest BCUT2D eigenvalue weighted by Crippen LogP contribution is -2.10. The molecule has 0 rings (SSSR count). The molecule has 2 N–H and O–H groups in total. The zero-order valence-corrected chi connectivity index (χ0v) is 10.3. The maximum atomic E-state index is 11.0. The third-order valence-electron chi connectivity index (χ3n) is 1.25. The number of carbonyl (C=O) groups is 2. The van der Waals surface area contributed by atoms with E-state index in [2.05, 4.69) is 12.3 Å². The second-order valence-electron chi connectivity index (χ2n) is 3.10. The van der Waals surface area contributed by atoms with Crippen LogP contribution in [0.2, 0.25) is 0 Å². The summed E-state index contributed by atoms with van der Waals surface area (Å²) in [5, 5.41) is 0. The lowest BCUT2D eigenvalue weighted by atomic mass is 10.3. The molecule has 0 unspecified atom stereocenters. The topological polar surface area (TPSA) is 72.6 Å². The first-order chi connectivity index (χ1) is 7.34. The second kappa shape index (κ2) is 9.76. The van der Waals surface area contributed by atoms with Gasteiger partial charge in [-0.2, -0.15) is 0 Å². The number of ether oxygens (including phenoxy) is 1. The standard InChI is InChI=1S/C8H15NO2.C3H5NO/c1-5-11-8(10)7(2)6-9(3)4;1-2-3(4)5/h6H,5H2,1-4H3;2H,1H2,(H2,4,5). The smallest absolute Gasteiger partial charge is 0.335 e. The first-order valence-electron chi connectivity index (χ1n) is 4.79. The number of carbonyl (C=O) groups excluding carboxylic acids is 2. The highest BCUT2D eigenvalue weighted by Gasteiger charge is 2.03. The molecule has 0 aliphatic carbocycles. The summed E-state index contributed by atoms with van der Waals surface area (Å²) in [6.07, 6.45) is 2.79. The maximum Gasteiger partial charge on any atom is 0.335 e. The molecule has 1 amide bonds. The number of esters is 1. The van der Waals surface area contributed by atoms with E-state index in [4.69, 9.17) is 4.74 Å². The highest BCUT2D eigenvalue weighted by molar-refractivity contribution is 5.87. The van der Waals surface area contributed by atoms with Crippen LogP contribution in [0.15, 0.2) is 24.4 Å². The predicted molar refractivity (Wildman–Crippen MR) is 63.5 cm³/mol. The van der Waals surface area contributed by atoms with Gasteiger partial charge in [-0.1, -0.05) is 6.58 Å². The van der Waals surface area contributed by atoms with E-state index in [1.807, 2.05) is 19.0 Å². The van der Waals surface area contributed by atoms with E-state index in [0.717, 1.165) is 6.08 Å². The van der Waals surface area contributed by atoms with E-state index in [9.17, 15) is 9.59 Å². The number of amides is 1. The summed E-state index contributed by atoms with van der Waals surface area (Å²) >= 11 is 0. The first-order valence-corrected chi connectivity index (χ1v) is 4.79. The molecule has 0 radical (unpaired) electrons. The molecule has 0 spiro atoms. The van der Waals surface area contributed by atoms with Crippen molar-refractivity contribution in [1.29, 1.82) is 0 Å². The zero-order valence-electron chi connectivity index (χ0n) is 10.3. The number of nitrogens with two attached hydrogens (primary N) is 1. The van der Waals surface area contributed by atoms with Gasteiger partial charge in [-0.05, 0) is 19.9 Å². The molecular formula is C11H20N2O3. The van der Waals surface area contributed by atoms with Crippen molar-refractivity contribution in [3.63, 3.8) is 0 Å². The molecule has 0 aromatic carbocycles. The molecule has 5 nitrogen and oxygen atoms in total. The number of nitrogens with zero attached hydrogens (tertiary/aromatic N) is 1. The maximum absolute atomic E-state index is 11.0. The van der Waals surface area contributed by atoms with Gasteiger partial charge in [0.05, 0.1) is 6.61 Å². The molecule has 0 fully saturated rings. The van der Waals surface area contributed by atoms with Crippen LogP contribution in [0.5, 0.6) is 0 Å². The van der Waals surface area contributed by atoms with Crippen LogP contribution in [0, 0.1) is 0 Å². The van der Waals surface area contributed by atoms with Crippen LogP contribution >= 0.6 is 0 Å². The summed E-state index contributed by atoms with van der Waals surface area (Å²) in [4.78, 5) is 22.2. The van der Waals surface area contributed by atoms with Crippen molar-refractivity contribution in [2.45, 2.75) is 13.8 Å². The van der Waals surface area contributed by atoms with E-state index >= 15 is 0 Å². The summed E-state index contributed by atoms with van der Waals surface area (Å²) < 4.78 is 4.77. The Morgan fingerprint density at radius 1 is 1.44 bits per heavy atom. The Hall–Kier alpha value is -1.78. The molecule has 0 atom stereocenters. The Balaban J connectivity index is 0. The summed E-state index contributed by atoms with van der Waals surface area (Å²) in [7, 11) is 3.73. The first kappa shape index (κ1) is 16.6. The van der Waals surface area contributed by atoms with E-state index in [-0.39, 0.29) is 5.97 Å². The Morgan fingerprint density at radius 2 is 1.88 bits per heavy atom. The summed E-state index contributed by atoms with van der Waals surface area (Å²) in [6, 6.07) is 0. The van der Waals surface area contributed by atoms with Crippen LogP contribution < -0.4 is 5.73 Å². The second-order valence-corrected chi connectivity index (χ2v) is 3.10. The average molecular weight is 228 g/mol. The lowest BCUT2D eigenvalue weighted by molar-refractivity contribution is -0.138. The summed E-state index contributed by atoms with van der Waals surface area (Å²) in [5.74, 6) is -0.730. The highest BCUT2D eigenvalue weighted by Crippen LogP contribution is 1.96. The van der Waals surface area contributed by atoms with Crippen LogP contribution in [0.25, 0.3) is 0 Å². The molecule has 0 aliphatic heterocycles. The van der Waals surface area contributed by atoms with Crippen molar-refractivity contribution in [1.82, 2.24) is 4.90 Å². The van der Waals surface area contributed by atoms with Crippen molar-refractivity contribution in [3.8, 4) is 0 Å². The molecule has 0 saturated carbocycles. The Kier molecular flexibility index (Phi) is 10.2. The van der Waals surface area contributed by atoms with Gasteiger partial charge >= 0.3 is 5.97 Å². The fraction of sp³-hybridized carbons (Fsp3) is 0.455. The lowest BCUT2D eigenvalue weighted by Gasteiger charge is -2.06. The van der Waals surface area contributed by atoms with E-state index in [0.29, 0.717) is 12.2 Å². The Morgan fingerprint density at radius 3 is 2.12 bits per heavy atom. The third kappa shape index (κ3) is 12.2. The van der Waals surface area contributed by atoms with Crippen molar-refractivity contribution >= 4 is 11.9 Å². The van der Waals surface area contributed by atoms with Crippen molar-refractivity contribution in [2.24, 2.45) is 5.73 Å². The van der Waals surface area contributed by atoms with E-state index < -0.39 is 5.91 Å². The van der Waals surface area contributed by atoms with Gasteiger partial charge in [-0.3, -0.25) is 4.79 Å². The molecule has 0 aromatic heterocycles. The van der Waals surface area contributed by atoms with Gasteiger partial charge in [0.1, 0.15) is 0 Å². The number of rotatable bonds is 4. The van der Waals surface area contributed by atoms with Gasteiger partial charge in [0, 0.05) is 25.9 Å². The minimum Gasteiger partial charge on any atom is -0.463 e. The molecule has 0 bridgehead atoms. The SMILES string of the molecule is C=CC(N)=O.CCOC(=O)C(C)=CN(C)C.